The van der Waals surface area contributed by atoms with Gasteiger partial charge in [0.15, 0.2) is 6.29 Å². The van der Waals surface area contributed by atoms with Crippen molar-refractivity contribution >= 4 is 7.68 Å². The van der Waals surface area contributed by atoms with E-state index >= 15 is 0 Å². The van der Waals surface area contributed by atoms with Crippen molar-refractivity contribution in [1.82, 2.24) is 0 Å². The summed E-state index contributed by atoms with van der Waals surface area (Å²) < 4.78 is 25.7. The average molecular weight is 224 g/mol. The Morgan fingerprint density at radius 1 is 1.21 bits per heavy atom. The molecule has 0 aliphatic heterocycles. The quantitative estimate of drug-likeness (QED) is 0.370. The van der Waals surface area contributed by atoms with Gasteiger partial charge >= 0.3 is 7.68 Å². The Hall–Kier alpha value is -0.220. The van der Waals surface area contributed by atoms with Gasteiger partial charge in [0.25, 0.3) is 0 Å². The van der Waals surface area contributed by atoms with Crippen LogP contribution >= 0.6 is 7.68 Å². The lowest BCUT2D eigenvalue weighted by Crippen LogP contribution is -2.24. The Bertz CT molecular complexity index is 194. The van der Waals surface area contributed by atoms with E-state index in [1.54, 1.807) is 0 Å². The van der Waals surface area contributed by atoms with Crippen LogP contribution in [-0.2, 0) is 13.9 Å². The van der Waals surface area contributed by atoms with Gasteiger partial charge in [-0.2, -0.15) is 0 Å². The highest BCUT2D eigenvalue weighted by molar-refractivity contribution is 7.31. The Morgan fingerprint density at radius 2 is 1.86 bits per heavy atom. The summed E-state index contributed by atoms with van der Waals surface area (Å²) in [6.07, 6.45) is 1.89. The number of aliphatic hydroxyl groups excluding tert-OH is 1. The van der Waals surface area contributed by atoms with E-state index in [4.69, 9.17) is 14.9 Å². The second-order valence-electron chi connectivity index (χ2n) is 3.02. The Kier molecular flexibility index (Phi) is 7.99. The maximum absolute atomic E-state index is 10.5. The van der Waals surface area contributed by atoms with Crippen LogP contribution in [0.2, 0.25) is 0 Å². The largest absolute Gasteiger partial charge is 0.365 e. The molecule has 0 saturated heterocycles. The van der Waals surface area contributed by atoms with Crippen LogP contribution in [0.15, 0.2) is 0 Å². The number of hydrogen-bond acceptors (Lipinski definition) is 5. The standard InChI is InChI=1S/C8H17O5P/c1-2-3-4-5-6-13-8(7(9)10)14(11)12/h7-10H,2-6H2,1H3. The third kappa shape index (κ3) is 6.27. The van der Waals surface area contributed by atoms with Gasteiger partial charge in [-0.3, -0.25) is 0 Å². The van der Waals surface area contributed by atoms with Crippen LogP contribution < -0.4 is 0 Å². The molecule has 1 unspecified atom stereocenters. The lowest BCUT2D eigenvalue weighted by atomic mass is 10.2. The Morgan fingerprint density at radius 3 is 2.29 bits per heavy atom. The molecule has 0 aromatic heterocycles. The summed E-state index contributed by atoms with van der Waals surface area (Å²) in [4.78, 5) is 0. The fraction of sp³-hybridized carbons (Fsp3) is 1.00. The predicted molar refractivity (Wildman–Crippen MR) is 50.4 cm³/mol. The highest BCUT2D eigenvalue weighted by Gasteiger charge is 2.22. The predicted octanol–water partition coefficient (Wildman–Crippen LogP) is 1.39. The van der Waals surface area contributed by atoms with Crippen LogP contribution in [0.4, 0.5) is 0 Å². The Balaban J connectivity index is 3.62. The van der Waals surface area contributed by atoms with Gasteiger partial charge < -0.3 is 14.9 Å². The van der Waals surface area contributed by atoms with Crippen LogP contribution in [0.1, 0.15) is 32.6 Å². The number of ether oxygens (including phenoxy) is 1. The van der Waals surface area contributed by atoms with Crippen molar-refractivity contribution in [1.29, 1.82) is 0 Å². The molecule has 0 aliphatic carbocycles. The average Bonchev–Trinajstić information content (AvgIpc) is 2.09. The van der Waals surface area contributed by atoms with Gasteiger partial charge in [-0.25, -0.2) is 9.13 Å². The van der Waals surface area contributed by atoms with Crippen molar-refractivity contribution < 1.29 is 24.1 Å². The second-order valence-corrected chi connectivity index (χ2v) is 4.10. The second kappa shape index (κ2) is 8.12. The van der Waals surface area contributed by atoms with Gasteiger partial charge in [0.1, 0.15) is 0 Å². The van der Waals surface area contributed by atoms with E-state index < -0.39 is 19.8 Å². The number of rotatable bonds is 8. The van der Waals surface area contributed by atoms with Gasteiger partial charge in [-0.15, -0.1) is 0 Å². The number of aliphatic hydroxyl groups is 2. The molecule has 84 valence electrons. The van der Waals surface area contributed by atoms with Crippen molar-refractivity contribution in [3.63, 3.8) is 0 Å². The normalized spacial score (nSPS) is 13.1. The van der Waals surface area contributed by atoms with E-state index in [0.717, 1.165) is 25.7 Å². The fourth-order valence-corrected chi connectivity index (χ4v) is 1.43. The van der Waals surface area contributed by atoms with Crippen molar-refractivity contribution in [3.05, 3.63) is 0 Å². The van der Waals surface area contributed by atoms with Crippen molar-refractivity contribution in [2.75, 3.05) is 6.61 Å². The van der Waals surface area contributed by atoms with Crippen LogP contribution in [0.5, 0.6) is 0 Å². The summed E-state index contributed by atoms with van der Waals surface area (Å²) in [7, 11) is -2.95. The molecule has 1 atom stereocenters. The van der Waals surface area contributed by atoms with E-state index in [0.29, 0.717) is 0 Å². The molecule has 6 heteroatoms. The molecule has 2 N–H and O–H groups in total. The van der Waals surface area contributed by atoms with E-state index in [9.17, 15) is 9.13 Å². The molecule has 0 spiro atoms. The fourth-order valence-electron chi connectivity index (χ4n) is 0.989. The molecule has 0 aromatic carbocycles. The minimum atomic E-state index is -2.95. The van der Waals surface area contributed by atoms with E-state index in [1.165, 1.54) is 0 Å². The summed E-state index contributed by atoms with van der Waals surface area (Å²) in [5.41, 5.74) is 0. The minimum Gasteiger partial charge on any atom is -0.365 e. The highest BCUT2D eigenvalue weighted by atomic mass is 31.1. The van der Waals surface area contributed by atoms with E-state index in [2.05, 4.69) is 6.92 Å². The van der Waals surface area contributed by atoms with Gasteiger partial charge in [-0.1, -0.05) is 26.2 Å². The van der Waals surface area contributed by atoms with Crippen LogP contribution in [-0.4, -0.2) is 29.0 Å². The molecule has 0 heterocycles. The first-order chi connectivity index (χ1) is 6.59. The lowest BCUT2D eigenvalue weighted by Gasteiger charge is -2.11. The molecule has 0 aromatic rings. The smallest absolute Gasteiger partial charge is 0.350 e. The third-order valence-corrected chi connectivity index (χ3v) is 2.58. The monoisotopic (exact) mass is 224 g/mol. The molecule has 14 heavy (non-hydrogen) atoms. The maximum Gasteiger partial charge on any atom is 0.350 e. The van der Waals surface area contributed by atoms with Crippen LogP contribution in [0.25, 0.3) is 0 Å². The summed E-state index contributed by atoms with van der Waals surface area (Å²) in [5.74, 6) is -1.49. The summed E-state index contributed by atoms with van der Waals surface area (Å²) in [6, 6.07) is 0. The molecule has 5 nitrogen and oxygen atoms in total. The highest BCUT2D eigenvalue weighted by Crippen LogP contribution is 2.19. The zero-order valence-corrected chi connectivity index (χ0v) is 9.15. The van der Waals surface area contributed by atoms with Crippen molar-refractivity contribution in [2.45, 2.75) is 44.7 Å². The van der Waals surface area contributed by atoms with E-state index in [-0.39, 0.29) is 6.61 Å². The van der Waals surface area contributed by atoms with Crippen molar-refractivity contribution in [2.24, 2.45) is 0 Å². The first kappa shape index (κ1) is 13.8. The molecule has 0 saturated carbocycles. The summed E-state index contributed by atoms with van der Waals surface area (Å²) in [5, 5.41) is 17.3. The maximum atomic E-state index is 10.5. The van der Waals surface area contributed by atoms with Gasteiger partial charge in [-0.05, 0) is 6.42 Å². The SMILES string of the molecule is CCCCCCOC(C(O)O)P(=O)=O. The van der Waals surface area contributed by atoms with Crippen LogP contribution in [0.3, 0.4) is 0 Å². The molecule has 0 fully saturated rings. The minimum absolute atomic E-state index is 0.242. The summed E-state index contributed by atoms with van der Waals surface area (Å²) >= 11 is 0. The molecular weight excluding hydrogens is 207 g/mol. The first-order valence-corrected chi connectivity index (χ1v) is 5.95. The van der Waals surface area contributed by atoms with Crippen molar-refractivity contribution in [3.8, 4) is 0 Å². The topological polar surface area (TPSA) is 83.8 Å². The third-order valence-electron chi connectivity index (χ3n) is 1.75. The number of hydrogen-bond donors (Lipinski definition) is 2. The molecular formula is C8H17O5P. The van der Waals surface area contributed by atoms with Crippen LogP contribution in [0, 0.1) is 0 Å². The van der Waals surface area contributed by atoms with Gasteiger partial charge in [0.05, 0.1) is 0 Å². The lowest BCUT2D eigenvalue weighted by molar-refractivity contribution is -0.114. The molecule has 0 aliphatic rings. The van der Waals surface area contributed by atoms with Gasteiger partial charge in [0.2, 0.25) is 5.85 Å². The molecule has 0 rings (SSSR count). The molecule has 0 bridgehead atoms. The zero-order chi connectivity index (χ0) is 11.0. The molecule has 0 amide bonds. The first-order valence-electron chi connectivity index (χ1n) is 4.70. The van der Waals surface area contributed by atoms with E-state index in [1.807, 2.05) is 0 Å². The van der Waals surface area contributed by atoms with Gasteiger partial charge in [0, 0.05) is 6.61 Å². The zero-order valence-electron chi connectivity index (χ0n) is 8.26. The Labute approximate surface area is 83.9 Å². The number of unbranched alkanes of at least 4 members (excludes halogenated alkanes) is 3. The summed E-state index contributed by atoms with van der Waals surface area (Å²) in [6.45, 7) is 2.31. The molecule has 0 radical (unpaired) electrons.